The van der Waals surface area contributed by atoms with Gasteiger partial charge in [0.25, 0.3) is 0 Å². The number of hydrogen-bond donors (Lipinski definition) is 1. The van der Waals surface area contributed by atoms with Crippen LogP contribution in [0.25, 0.3) is 11.0 Å². The van der Waals surface area contributed by atoms with Gasteiger partial charge in [-0.15, -0.1) is 0 Å². The average Bonchev–Trinajstić information content (AvgIpc) is 3.24. The van der Waals surface area contributed by atoms with E-state index in [-0.39, 0.29) is 23.5 Å². The third kappa shape index (κ3) is 3.97. The van der Waals surface area contributed by atoms with Crippen LogP contribution in [0.1, 0.15) is 16.3 Å². The number of carbonyl (C=O) groups is 1. The van der Waals surface area contributed by atoms with E-state index in [1.54, 1.807) is 49.6 Å². The van der Waals surface area contributed by atoms with Crippen LogP contribution >= 0.6 is 0 Å². The van der Waals surface area contributed by atoms with Crippen molar-refractivity contribution in [1.82, 2.24) is 0 Å². The minimum Gasteiger partial charge on any atom is -0.497 e. The normalized spacial score (nSPS) is 10.7. The quantitative estimate of drug-likeness (QED) is 0.477. The Balaban J connectivity index is 1.51. The summed E-state index contributed by atoms with van der Waals surface area (Å²) in [6.07, 6.45) is 1.24. The van der Waals surface area contributed by atoms with Gasteiger partial charge in [0.2, 0.25) is 16.9 Å². The van der Waals surface area contributed by atoms with E-state index in [0.717, 1.165) is 0 Å². The molecule has 0 saturated heterocycles. The van der Waals surface area contributed by atoms with E-state index in [0.29, 0.717) is 34.0 Å². The number of carboxylic acid groups (broad SMARTS) is 1. The number of aromatic carboxylic acids is 1. The zero-order valence-electron chi connectivity index (χ0n) is 15.8. The zero-order chi connectivity index (χ0) is 21.1. The maximum Gasteiger partial charge on any atom is 0.371 e. The fourth-order valence-electron chi connectivity index (χ4n) is 2.75. The van der Waals surface area contributed by atoms with Gasteiger partial charge < -0.3 is 28.2 Å². The Kier molecular flexibility index (Phi) is 5.13. The van der Waals surface area contributed by atoms with Crippen LogP contribution in [0.2, 0.25) is 0 Å². The van der Waals surface area contributed by atoms with Crippen molar-refractivity contribution in [3.8, 4) is 23.0 Å². The van der Waals surface area contributed by atoms with E-state index < -0.39 is 5.97 Å². The van der Waals surface area contributed by atoms with E-state index in [1.807, 2.05) is 0 Å². The van der Waals surface area contributed by atoms with Gasteiger partial charge in [-0.1, -0.05) is 0 Å². The van der Waals surface area contributed by atoms with Crippen LogP contribution in [-0.2, 0) is 6.61 Å². The van der Waals surface area contributed by atoms with Crippen molar-refractivity contribution in [2.24, 2.45) is 0 Å². The zero-order valence-corrected chi connectivity index (χ0v) is 15.8. The number of benzene rings is 2. The Morgan fingerprint density at radius 2 is 1.73 bits per heavy atom. The van der Waals surface area contributed by atoms with Crippen molar-refractivity contribution in [2.75, 3.05) is 7.11 Å². The highest BCUT2D eigenvalue weighted by Crippen LogP contribution is 2.25. The van der Waals surface area contributed by atoms with E-state index in [4.69, 9.17) is 28.2 Å². The molecule has 0 aliphatic carbocycles. The third-order valence-corrected chi connectivity index (χ3v) is 4.26. The number of rotatable bonds is 7. The standard InChI is InChI=1S/C22H16O8/c1-26-13-2-4-14(5-3-13)29-20-12-28-19-10-15(6-8-17(19)21(20)23)27-11-16-7-9-18(30-16)22(24)25/h2-10,12H,11H2,1H3,(H,24,25). The second-order valence-electron chi connectivity index (χ2n) is 6.22. The fraction of sp³-hybridized carbons (Fsp3) is 0.0909. The van der Waals surface area contributed by atoms with Gasteiger partial charge in [-0.25, -0.2) is 4.79 Å². The molecule has 4 aromatic rings. The van der Waals surface area contributed by atoms with Crippen molar-refractivity contribution in [2.45, 2.75) is 6.61 Å². The minimum atomic E-state index is -1.15. The fourth-order valence-corrected chi connectivity index (χ4v) is 2.75. The lowest BCUT2D eigenvalue weighted by Crippen LogP contribution is -2.05. The van der Waals surface area contributed by atoms with Crippen molar-refractivity contribution in [3.05, 3.63) is 82.6 Å². The van der Waals surface area contributed by atoms with Crippen molar-refractivity contribution in [1.29, 1.82) is 0 Å². The lowest BCUT2D eigenvalue weighted by atomic mass is 10.2. The highest BCUT2D eigenvalue weighted by molar-refractivity contribution is 5.84. The number of carboxylic acids is 1. The van der Waals surface area contributed by atoms with Gasteiger partial charge in [0, 0.05) is 6.07 Å². The summed E-state index contributed by atoms with van der Waals surface area (Å²) in [7, 11) is 1.56. The van der Waals surface area contributed by atoms with Gasteiger partial charge in [-0.3, -0.25) is 4.79 Å². The first-order chi connectivity index (χ1) is 14.5. The number of ether oxygens (including phenoxy) is 3. The maximum absolute atomic E-state index is 12.7. The molecule has 0 radical (unpaired) electrons. The molecule has 0 saturated carbocycles. The molecular weight excluding hydrogens is 392 g/mol. The Morgan fingerprint density at radius 1 is 1.00 bits per heavy atom. The molecule has 8 nitrogen and oxygen atoms in total. The highest BCUT2D eigenvalue weighted by atomic mass is 16.5. The van der Waals surface area contributed by atoms with E-state index >= 15 is 0 Å². The lowest BCUT2D eigenvalue weighted by Gasteiger charge is -2.08. The monoisotopic (exact) mass is 408 g/mol. The van der Waals surface area contributed by atoms with Crippen LogP contribution in [0.5, 0.6) is 23.0 Å². The maximum atomic E-state index is 12.7. The molecule has 8 heteroatoms. The Bertz CT molecular complexity index is 1250. The predicted molar refractivity (Wildman–Crippen MR) is 106 cm³/mol. The largest absolute Gasteiger partial charge is 0.497 e. The smallest absolute Gasteiger partial charge is 0.371 e. The number of methoxy groups -OCH3 is 1. The number of fused-ring (bicyclic) bond motifs is 1. The molecule has 30 heavy (non-hydrogen) atoms. The van der Waals surface area contributed by atoms with E-state index in [1.165, 1.54) is 18.4 Å². The number of furan rings is 1. The topological polar surface area (TPSA) is 108 Å². The van der Waals surface area contributed by atoms with E-state index in [2.05, 4.69) is 0 Å². The summed E-state index contributed by atoms with van der Waals surface area (Å²) in [5, 5.41) is 9.21. The van der Waals surface area contributed by atoms with Crippen LogP contribution < -0.4 is 19.6 Å². The van der Waals surface area contributed by atoms with Gasteiger partial charge in [-0.2, -0.15) is 0 Å². The summed E-state index contributed by atoms with van der Waals surface area (Å²) in [6.45, 7) is 0.0294. The summed E-state index contributed by atoms with van der Waals surface area (Å²) < 4.78 is 27.0. The van der Waals surface area contributed by atoms with Crippen LogP contribution in [-0.4, -0.2) is 18.2 Å². The molecule has 0 bridgehead atoms. The summed E-state index contributed by atoms with van der Waals surface area (Å²) in [6, 6.07) is 14.4. The molecule has 2 aromatic carbocycles. The second-order valence-corrected chi connectivity index (χ2v) is 6.22. The van der Waals surface area contributed by atoms with Gasteiger partial charge in [0.1, 0.15) is 41.5 Å². The molecule has 2 aromatic heterocycles. The van der Waals surface area contributed by atoms with Crippen LogP contribution in [0.4, 0.5) is 0 Å². The Labute approximate surface area is 169 Å². The van der Waals surface area contributed by atoms with Crippen molar-refractivity contribution >= 4 is 16.9 Å². The summed E-state index contributed by atoms with van der Waals surface area (Å²) >= 11 is 0. The first kappa shape index (κ1) is 19.1. The number of hydrogen-bond acceptors (Lipinski definition) is 7. The molecule has 0 aliphatic rings. The average molecular weight is 408 g/mol. The molecule has 4 rings (SSSR count). The van der Waals surface area contributed by atoms with Crippen LogP contribution in [0.15, 0.2) is 74.5 Å². The summed E-state index contributed by atoms with van der Waals surface area (Å²) in [5.41, 5.74) is 0.000929. The molecule has 0 unspecified atom stereocenters. The van der Waals surface area contributed by atoms with Gasteiger partial charge in [0.05, 0.1) is 12.5 Å². The first-order valence-corrected chi connectivity index (χ1v) is 8.86. The summed E-state index contributed by atoms with van der Waals surface area (Å²) in [5.74, 6) is 0.678. The van der Waals surface area contributed by atoms with Crippen molar-refractivity contribution in [3.63, 3.8) is 0 Å². The second kappa shape index (κ2) is 8.04. The minimum absolute atomic E-state index is 0.0294. The first-order valence-electron chi connectivity index (χ1n) is 8.86. The molecule has 0 atom stereocenters. The molecule has 152 valence electrons. The van der Waals surface area contributed by atoms with Gasteiger partial charge >= 0.3 is 5.97 Å². The SMILES string of the molecule is COc1ccc(Oc2coc3cc(OCc4ccc(C(=O)O)o4)ccc3c2=O)cc1. The Hall–Kier alpha value is -4.20. The molecule has 0 fully saturated rings. The molecular formula is C22H16O8. The molecule has 0 amide bonds. The molecule has 0 aliphatic heterocycles. The van der Waals surface area contributed by atoms with Crippen LogP contribution in [0, 0.1) is 0 Å². The predicted octanol–water partition coefficient (Wildman–Crippen LogP) is 4.46. The highest BCUT2D eigenvalue weighted by Gasteiger charge is 2.12. The van der Waals surface area contributed by atoms with Gasteiger partial charge in [-0.05, 0) is 48.5 Å². The van der Waals surface area contributed by atoms with Crippen LogP contribution in [0.3, 0.4) is 0 Å². The molecule has 1 N–H and O–H groups in total. The molecule has 0 spiro atoms. The summed E-state index contributed by atoms with van der Waals surface area (Å²) in [4.78, 5) is 23.5. The third-order valence-electron chi connectivity index (χ3n) is 4.26. The van der Waals surface area contributed by atoms with E-state index in [9.17, 15) is 9.59 Å². The van der Waals surface area contributed by atoms with Crippen molar-refractivity contribution < 1.29 is 32.9 Å². The molecule has 2 heterocycles. The lowest BCUT2D eigenvalue weighted by molar-refractivity contribution is 0.0658. The Morgan fingerprint density at radius 3 is 2.43 bits per heavy atom. The van der Waals surface area contributed by atoms with Gasteiger partial charge in [0.15, 0.2) is 0 Å².